The molecular formula is C15H10BrF2N3O. The van der Waals surface area contributed by atoms with Crippen LogP contribution in [0.25, 0.3) is 5.65 Å². The van der Waals surface area contributed by atoms with Crippen molar-refractivity contribution >= 4 is 33.2 Å². The average Bonchev–Trinajstić information content (AvgIpc) is 2.76. The maximum Gasteiger partial charge on any atom is 0.261 e. The second-order valence-corrected chi connectivity index (χ2v) is 5.41. The highest BCUT2D eigenvalue weighted by Gasteiger charge is 2.19. The van der Waals surface area contributed by atoms with E-state index in [1.807, 2.05) is 0 Å². The number of hydrogen-bond acceptors (Lipinski definition) is 2. The predicted molar refractivity (Wildman–Crippen MR) is 81.9 cm³/mol. The van der Waals surface area contributed by atoms with E-state index in [9.17, 15) is 13.6 Å². The van der Waals surface area contributed by atoms with Crippen molar-refractivity contribution in [3.05, 3.63) is 64.0 Å². The van der Waals surface area contributed by atoms with Crippen LogP contribution < -0.4 is 5.32 Å². The van der Waals surface area contributed by atoms with Crippen LogP contribution in [-0.4, -0.2) is 15.3 Å². The fourth-order valence-electron chi connectivity index (χ4n) is 2.15. The molecule has 1 N–H and O–H groups in total. The van der Waals surface area contributed by atoms with E-state index >= 15 is 0 Å². The molecule has 0 aliphatic rings. The van der Waals surface area contributed by atoms with Crippen LogP contribution in [-0.2, 0) is 0 Å². The maximum absolute atomic E-state index is 13.7. The van der Waals surface area contributed by atoms with Crippen LogP contribution in [0.15, 0.2) is 41.1 Å². The molecule has 0 spiro atoms. The smallest absolute Gasteiger partial charge is 0.261 e. The summed E-state index contributed by atoms with van der Waals surface area (Å²) < 4.78 is 29.8. The minimum absolute atomic E-state index is 0.365. The summed E-state index contributed by atoms with van der Waals surface area (Å²) in [6.07, 6.45) is 1.76. The number of carbonyl (C=O) groups excluding carboxylic acids is 1. The topological polar surface area (TPSA) is 46.4 Å². The quantitative estimate of drug-likeness (QED) is 0.747. The van der Waals surface area contributed by atoms with E-state index in [0.717, 1.165) is 22.4 Å². The zero-order chi connectivity index (χ0) is 15.9. The van der Waals surface area contributed by atoms with Gasteiger partial charge in [0, 0.05) is 6.20 Å². The van der Waals surface area contributed by atoms with Crippen LogP contribution >= 0.6 is 15.9 Å². The maximum atomic E-state index is 13.7. The normalized spacial score (nSPS) is 10.9. The highest BCUT2D eigenvalue weighted by Crippen LogP contribution is 2.24. The second kappa shape index (κ2) is 5.49. The Hall–Kier alpha value is -2.28. The number of aromatic nitrogens is 2. The van der Waals surface area contributed by atoms with Crippen LogP contribution in [0.4, 0.5) is 14.5 Å². The average molecular weight is 366 g/mol. The molecular weight excluding hydrogens is 356 g/mol. The Morgan fingerprint density at radius 1 is 1.23 bits per heavy atom. The molecule has 7 heteroatoms. The first kappa shape index (κ1) is 14.6. The molecule has 0 saturated carbocycles. The SMILES string of the molecule is Cc1nc2c(NC(=O)c3c(F)cccc3F)cccn2c1Br. The number of nitrogens with zero attached hydrogens (tertiary/aromatic N) is 2. The number of anilines is 1. The summed E-state index contributed by atoms with van der Waals surface area (Å²) in [5.41, 5.74) is 0.964. The molecule has 0 radical (unpaired) electrons. The van der Waals surface area contributed by atoms with E-state index in [1.54, 1.807) is 29.7 Å². The molecule has 112 valence electrons. The molecule has 0 aliphatic heterocycles. The molecule has 0 unspecified atom stereocenters. The number of benzene rings is 1. The number of imidazole rings is 1. The van der Waals surface area contributed by atoms with Crippen molar-refractivity contribution < 1.29 is 13.6 Å². The zero-order valence-corrected chi connectivity index (χ0v) is 13.0. The molecule has 0 bridgehead atoms. The number of aryl methyl sites for hydroxylation is 1. The monoisotopic (exact) mass is 365 g/mol. The van der Waals surface area contributed by atoms with Crippen molar-refractivity contribution in [2.45, 2.75) is 6.92 Å². The number of pyridine rings is 1. The highest BCUT2D eigenvalue weighted by atomic mass is 79.9. The third-order valence-corrected chi connectivity index (χ3v) is 4.14. The molecule has 2 aromatic heterocycles. The summed E-state index contributed by atoms with van der Waals surface area (Å²) in [5.74, 6) is -2.68. The van der Waals surface area contributed by atoms with Gasteiger partial charge in [0.1, 0.15) is 21.8 Å². The second-order valence-electron chi connectivity index (χ2n) is 4.65. The number of hydrogen-bond donors (Lipinski definition) is 1. The lowest BCUT2D eigenvalue weighted by atomic mass is 10.2. The van der Waals surface area contributed by atoms with Gasteiger partial charge in [0.05, 0.1) is 11.4 Å². The van der Waals surface area contributed by atoms with E-state index < -0.39 is 23.1 Å². The molecule has 3 aromatic rings. The number of rotatable bonds is 2. The lowest BCUT2D eigenvalue weighted by molar-refractivity contribution is 0.101. The van der Waals surface area contributed by atoms with Gasteiger partial charge < -0.3 is 5.32 Å². The van der Waals surface area contributed by atoms with Crippen molar-refractivity contribution in [3.8, 4) is 0 Å². The highest BCUT2D eigenvalue weighted by molar-refractivity contribution is 9.10. The Morgan fingerprint density at radius 2 is 1.91 bits per heavy atom. The van der Waals surface area contributed by atoms with Crippen LogP contribution in [0.5, 0.6) is 0 Å². The van der Waals surface area contributed by atoms with Gasteiger partial charge in [-0.1, -0.05) is 6.07 Å². The summed E-state index contributed by atoms with van der Waals surface area (Å²) >= 11 is 3.39. The summed E-state index contributed by atoms with van der Waals surface area (Å²) in [5, 5.41) is 2.50. The largest absolute Gasteiger partial charge is 0.319 e. The lowest BCUT2D eigenvalue weighted by Crippen LogP contribution is -2.16. The molecule has 2 heterocycles. The zero-order valence-electron chi connectivity index (χ0n) is 11.4. The van der Waals surface area contributed by atoms with Crippen LogP contribution in [0.3, 0.4) is 0 Å². The van der Waals surface area contributed by atoms with Gasteiger partial charge in [-0.2, -0.15) is 0 Å². The molecule has 1 aromatic carbocycles. The Bertz CT molecular complexity index is 872. The van der Waals surface area contributed by atoms with Crippen LogP contribution in [0.2, 0.25) is 0 Å². The molecule has 1 amide bonds. The van der Waals surface area contributed by atoms with Gasteiger partial charge in [-0.15, -0.1) is 0 Å². The Balaban J connectivity index is 2.04. The van der Waals surface area contributed by atoms with E-state index in [0.29, 0.717) is 11.3 Å². The molecule has 22 heavy (non-hydrogen) atoms. The van der Waals surface area contributed by atoms with Crippen molar-refractivity contribution in [2.75, 3.05) is 5.32 Å². The first-order valence-electron chi connectivity index (χ1n) is 6.37. The van der Waals surface area contributed by atoms with Gasteiger partial charge in [-0.25, -0.2) is 13.8 Å². The van der Waals surface area contributed by atoms with Gasteiger partial charge in [-0.05, 0) is 47.1 Å². The minimum atomic E-state index is -0.912. The number of halogens is 3. The number of fused-ring (bicyclic) bond motifs is 1. The third kappa shape index (κ3) is 2.37. The fraction of sp³-hybridized carbons (Fsp3) is 0.0667. The van der Waals surface area contributed by atoms with Gasteiger partial charge in [-0.3, -0.25) is 9.20 Å². The standard InChI is InChI=1S/C15H10BrF2N3O/c1-8-13(16)21-7-3-6-11(14(21)19-8)20-15(22)12-9(17)4-2-5-10(12)18/h2-7H,1H3,(H,20,22). The predicted octanol–water partition coefficient (Wildman–Crippen LogP) is 3.94. The summed E-state index contributed by atoms with van der Waals surface area (Å²) in [6.45, 7) is 1.80. The number of amides is 1. The molecule has 0 saturated heterocycles. The van der Waals surface area contributed by atoms with E-state index in [1.165, 1.54) is 6.07 Å². The van der Waals surface area contributed by atoms with Crippen molar-refractivity contribution in [3.63, 3.8) is 0 Å². The van der Waals surface area contributed by atoms with Gasteiger partial charge in [0.25, 0.3) is 5.91 Å². The van der Waals surface area contributed by atoms with E-state index in [2.05, 4.69) is 26.2 Å². The number of nitrogens with one attached hydrogen (secondary N) is 1. The summed E-state index contributed by atoms with van der Waals surface area (Å²) in [6, 6.07) is 6.60. The Kier molecular flexibility index (Phi) is 3.66. The van der Waals surface area contributed by atoms with E-state index in [4.69, 9.17) is 0 Å². The summed E-state index contributed by atoms with van der Waals surface area (Å²) in [4.78, 5) is 16.5. The first-order valence-corrected chi connectivity index (χ1v) is 7.17. The minimum Gasteiger partial charge on any atom is -0.319 e. The van der Waals surface area contributed by atoms with Crippen molar-refractivity contribution in [1.82, 2.24) is 9.38 Å². The van der Waals surface area contributed by atoms with E-state index in [-0.39, 0.29) is 0 Å². The molecule has 0 fully saturated rings. The molecule has 4 nitrogen and oxygen atoms in total. The Labute approximate surface area is 132 Å². The lowest BCUT2D eigenvalue weighted by Gasteiger charge is -2.08. The van der Waals surface area contributed by atoms with Crippen molar-refractivity contribution in [2.24, 2.45) is 0 Å². The van der Waals surface area contributed by atoms with Gasteiger partial charge in [0.15, 0.2) is 5.65 Å². The van der Waals surface area contributed by atoms with Gasteiger partial charge >= 0.3 is 0 Å². The third-order valence-electron chi connectivity index (χ3n) is 3.19. The molecule has 3 rings (SSSR count). The Morgan fingerprint density at radius 3 is 2.59 bits per heavy atom. The van der Waals surface area contributed by atoms with Crippen molar-refractivity contribution in [1.29, 1.82) is 0 Å². The van der Waals surface area contributed by atoms with Gasteiger partial charge in [0.2, 0.25) is 0 Å². The molecule has 0 atom stereocenters. The summed E-state index contributed by atoms with van der Waals surface area (Å²) in [7, 11) is 0. The van der Waals surface area contributed by atoms with Crippen LogP contribution in [0, 0.1) is 18.6 Å². The fourth-order valence-corrected chi connectivity index (χ4v) is 2.52. The first-order chi connectivity index (χ1) is 10.5. The molecule has 0 aliphatic carbocycles. The number of carbonyl (C=O) groups is 1. The van der Waals surface area contributed by atoms with Crippen LogP contribution in [0.1, 0.15) is 16.1 Å².